The number of piperidine rings is 1. The number of carbonyl (C=O) groups excluding carboxylic acids is 2. The summed E-state index contributed by atoms with van der Waals surface area (Å²) in [5, 5.41) is 0. The zero-order valence-electron chi connectivity index (χ0n) is 9.36. The van der Waals surface area contributed by atoms with Crippen LogP contribution >= 0.6 is 0 Å². The Labute approximate surface area is 94.1 Å². The molecule has 0 bridgehead atoms. The predicted octanol–water partition coefficient (Wildman–Crippen LogP) is 1.25. The molecule has 1 aromatic carbocycles. The van der Waals surface area contributed by atoms with Crippen molar-refractivity contribution in [1.29, 1.82) is 0 Å². The maximum absolute atomic E-state index is 12.1. The van der Waals surface area contributed by atoms with Crippen molar-refractivity contribution >= 4 is 11.8 Å². The maximum Gasteiger partial charge on any atom is 0.240 e. The van der Waals surface area contributed by atoms with Gasteiger partial charge in [-0.15, -0.1) is 0 Å². The maximum atomic E-state index is 12.1. The third-order valence-electron chi connectivity index (χ3n) is 3.84. The molecule has 0 aromatic heterocycles. The van der Waals surface area contributed by atoms with E-state index in [4.69, 9.17) is 0 Å². The number of likely N-dealkylation sites (tertiary alicyclic amines) is 1. The van der Waals surface area contributed by atoms with Gasteiger partial charge in [0, 0.05) is 7.05 Å². The minimum absolute atomic E-state index is 0.0226. The second-order valence-electron chi connectivity index (χ2n) is 4.80. The van der Waals surface area contributed by atoms with Crippen LogP contribution in [0.15, 0.2) is 24.3 Å². The summed E-state index contributed by atoms with van der Waals surface area (Å²) in [6.07, 6.45) is 0.693. The number of hydrogen-bond donors (Lipinski definition) is 0. The quantitative estimate of drug-likeness (QED) is 0.661. The first kappa shape index (κ1) is 9.58. The standard InChI is InChI=1S/C13H13NO2/c1-8-3-5-9(6-4-8)13-7-10(13)11(15)14(2)12(13)16/h3-6,10H,7H2,1-2H3. The van der Waals surface area contributed by atoms with Crippen LogP contribution in [-0.4, -0.2) is 23.8 Å². The van der Waals surface area contributed by atoms with Crippen LogP contribution < -0.4 is 0 Å². The molecule has 3 nitrogen and oxygen atoms in total. The smallest absolute Gasteiger partial charge is 0.240 e. The SMILES string of the molecule is Cc1ccc(C23CC2C(=O)N(C)C3=O)cc1. The number of carbonyl (C=O) groups is 2. The van der Waals surface area contributed by atoms with Crippen LogP contribution in [0.4, 0.5) is 0 Å². The summed E-state index contributed by atoms with van der Waals surface area (Å²) in [7, 11) is 1.58. The zero-order valence-corrected chi connectivity index (χ0v) is 9.36. The lowest BCUT2D eigenvalue weighted by Crippen LogP contribution is -2.32. The van der Waals surface area contributed by atoms with Gasteiger partial charge in [-0.25, -0.2) is 0 Å². The Kier molecular flexibility index (Phi) is 1.63. The van der Waals surface area contributed by atoms with Gasteiger partial charge in [-0.3, -0.25) is 14.5 Å². The molecular formula is C13H13NO2. The molecule has 2 amide bonds. The number of amides is 2. The van der Waals surface area contributed by atoms with Crippen LogP contribution in [0.2, 0.25) is 0 Å². The van der Waals surface area contributed by atoms with E-state index in [2.05, 4.69) is 0 Å². The van der Waals surface area contributed by atoms with Gasteiger partial charge in [-0.1, -0.05) is 29.8 Å². The molecule has 2 aliphatic rings. The molecule has 1 heterocycles. The summed E-state index contributed by atoms with van der Waals surface area (Å²) >= 11 is 0. The highest BCUT2D eigenvalue weighted by atomic mass is 16.2. The highest BCUT2D eigenvalue weighted by Crippen LogP contribution is 2.60. The first-order valence-electron chi connectivity index (χ1n) is 5.46. The molecule has 0 radical (unpaired) electrons. The van der Waals surface area contributed by atoms with E-state index < -0.39 is 5.41 Å². The van der Waals surface area contributed by atoms with E-state index in [0.717, 1.165) is 5.56 Å². The topological polar surface area (TPSA) is 37.4 Å². The third kappa shape index (κ3) is 0.932. The van der Waals surface area contributed by atoms with E-state index in [-0.39, 0.29) is 17.7 Å². The van der Waals surface area contributed by atoms with Gasteiger partial charge in [0.25, 0.3) is 0 Å². The molecule has 1 saturated heterocycles. The van der Waals surface area contributed by atoms with Gasteiger partial charge in [-0.05, 0) is 18.9 Å². The molecule has 2 atom stereocenters. The highest BCUT2D eigenvalue weighted by molar-refractivity contribution is 6.14. The number of nitrogens with zero attached hydrogens (tertiary/aromatic N) is 1. The van der Waals surface area contributed by atoms with Crippen molar-refractivity contribution in [2.24, 2.45) is 5.92 Å². The molecule has 2 unspecified atom stereocenters. The van der Waals surface area contributed by atoms with Crippen LogP contribution in [0.1, 0.15) is 17.5 Å². The summed E-state index contributed by atoms with van der Waals surface area (Å²) in [6.45, 7) is 2.01. The number of likely N-dealkylation sites (N-methyl/N-ethyl adjacent to an activating group) is 1. The molecule has 82 valence electrons. The van der Waals surface area contributed by atoms with Crippen LogP contribution in [0.3, 0.4) is 0 Å². The second-order valence-corrected chi connectivity index (χ2v) is 4.80. The van der Waals surface area contributed by atoms with E-state index in [9.17, 15) is 9.59 Å². The fourth-order valence-corrected chi connectivity index (χ4v) is 2.72. The van der Waals surface area contributed by atoms with Crippen molar-refractivity contribution in [3.8, 4) is 0 Å². The number of hydrogen-bond acceptors (Lipinski definition) is 2. The van der Waals surface area contributed by atoms with E-state index >= 15 is 0 Å². The lowest BCUT2D eigenvalue weighted by atomic mass is 9.93. The van der Waals surface area contributed by atoms with Gasteiger partial charge in [0.2, 0.25) is 11.8 Å². The number of imide groups is 1. The van der Waals surface area contributed by atoms with Crippen molar-refractivity contribution < 1.29 is 9.59 Å². The molecule has 1 saturated carbocycles. The van der Waals surface area contributed by atoms with E-state index in [0.29, 0.717) is 6.42 Å². The number of rotatable bonds is 1. The largest absolute Gasteiger partial charge is 0.285 e. The minimum atomic E-state index is -0.514. The van der Waals surface area contributed by atoms with Crippen LogP contribution in [0, 0.1) is 12.8 Å². The van der Waals surface area contributed by atoms with Crippen LogP contribution in [0.25, 0.3) is 0 Å². The molecule has 2 fully saturated rings. The van der Waals surface area contributed by atoms with Crippen molar-refractivity contribution in [2.45, 2.75) is 18.8 Å². The van der Waals surface area contributed by atoms with E-state index in [1.54, 1.807) is 7.05 Å². The molecule has 16 heavy (non-hydrogen) atoms. The molecule has 1 aliphatic carbocycles. The summed E-state index contributed by atoms with van der Waals surface area (Å²) in [5.74, 6) is -0.162. The molecular weight excluding hydrogens is 202 g/mol. The van der Waals surface area contributed by atoms with Gasteiger partial charge in [0.05, 0.1) is 11.3 Å². The first-order chi connectivity index (χ1) is 7.57. The lowest BCUT2D eigenvalue weighted by Gasteiger charge is -2.14. The normalized spacial score (nSPS) is 31.9. The number of benzene rings is 1. The van der Waals surface area contributed by atoms with Gasteiger partial charge < -0.3 is 0 Å². The van der Waals surface area contributed by atoms with E-state index in [1.807, 2.05) is 31.2 Å². The Morgan fingerprint density at radius 1 is 1.25 bits per heavy atom. The van der Waals surface area contributed by atoms with Gasteiger partial charge in [0.1, 0.15) is 0 Å². The molecule has 3 heteroatoms. The summed E-state index contributed by atoms with van der Waals surface area (Å²) < 4.78 is 0. The zero-order chi connectivity index (χ0) is 11.5. The third-order valence-corrected chi connectivity index (χ3v) is 3.84. The summed E-state index contributed by atoms with van der Waals surface area (Å²) in [6, 6.07) is 7.93. The van der Waals surface area contributed by atoms with Crippen LogP contribution in [0.5, 0.6) is 0 Å². The highest BCUT2D eigenvalue weighted by Gasteiger charge is 2.71. The Morgan fingerprint density at radius 3 is 2.38 bits per heavy atom. The average Bonchev–Trinajstić information content (AvgIpc) is 2.99. The predicted molar refractivity (Wildman–Crippen MR) is 58.7 cm³/mol. The second kappa shape index (κ2) is 2.73. The minimum Gasteiger partial charge on any atom is -0.285 e. The van der Waals surface area contributed by atoms with Gasteiger partial charge in [0.15, 0.2) is 0 Å². The van der Waals surface area contributed by atoms with Crippen molar-refractivity contribution in [3.63, 3.8) is 0 Å². The summed E-state index contributed by atoms with van der Waals surface area (Å²) in [5.41, 5.74) is 1.65. The lowest BCUT2D eigenvalue weighted by molar-refractivity contribution is -0.140. The Hall–Kier alpha value is -1.64. The Balaban J connectivity index is 2.06. The number of aryl methyl sites for hydroxylation is 1. The summed E-state index contributed by atoms with van der Waals surface area (Å²) in [4.78, 5) is 25.0. The fraction of sp³-hybridized carbons (Fsp3) is 0.385. The van der Waals surface area contributed by atoms with Gasteiger partial charge in [-0.2, -0.15) is 0 Å². The Morgan fingerprint density at radius 2 is 1.88 bits per heavy atom. The number of fused-ring (bicyclic) bond motifs is 1. The monoisotopic (exact) mass is 215 g/mol. The molecule has 1 aromatic rings. The van der Waals surface area contributed by atoms with Crippen molar-refractivity contribution in [1.82, 2.24) is 4.90 Å². The van der Waals surface area contributed by atoms with Crippen molar-refractivity contribution in [2.75, 3.05) is 7.05 Å². The fourth-order valence-electron chi connectivity index (χ4n) is 2.72. The molecule has 1 aliphatic heterocycles. The Bertz CT molecular complexity index is 491. The average molecular weight is 215 g/mol. The van der Waals surface area contributed by atoms with Gasteiger partial charge >= 0.3 is 0 Å². The molecule has 3 rings (SSSR count). The van der Waals surface area contributed by atoms with Crippen LogP contribution in [-0.2, 0) is 15.0 Å². The molecule has 0 N–H and O–H groups in total. The van der Waals surface area contributed by atoms with Crippen molar-refractivity contribution in [3.05, 3.63) is 35.4 Å². The first-order valence-corrected chi connectivity index (χ1v) is 5.46. The van der Waals surface area contributed by atoms with E-state index in [1.165, 1.54) is 10.5 Å². The molecule has 0 spiro atoms.